The number of hydrogen-bond donors (Lipinski definition) is 3. The smallest absolute Gasteiger partial charge is 0.231 e. The number of nitrogens with one attached hydrogen (secondary N) is 3. The molecule has 0 spiro atoms. The molecule has 0 saturated carbocycles. The second kappa shape index (κ2) is 14.1. The number of methoxy groups -OCH3 is 1. The van der Waals surface area contributed by atoms with E-state index >= 15 is 0 Å². The number of anilines is 6. The van der Waals surface area contributed by atoms with Crippen LogP contribution >= 0.6 is 15.9 Å². The third-order valence-electron chi connectivity index (χ3n) is 9.24. The van der Waals surface area contributed by atoms with Gasteiger partial charge in [0.2, 0.25) is 22.8 Å². The van der Waals surface area contributed by atoms with E-state index in [2.05, 4.69) is 75.2 Å². The van der Waals surface area contributed by atoms with Gasteiger partial charge in [0.25, 0.3) is 0 Å². The van der Waals surface area contributed by atoms with Crippen LogP contribution in [-0.2, 0) is 17.1 Å². The Labute approximate surface area is 300 Å². The first-order valence-electron chi connectivity index (χ1n) is 16.4. The van der Waals surface area contributed by atoms with E-state index in [1.54, 1.807) is 30.1 Å². The predicted octanol–water partition coefficient (Wildman–Crippen LogP) is 4.45. The minimum atomic E-state index is -3.59. The quantitative estimate of drug-likeness (QED) is 0.209. The van der Waals surface area contributed by atoms with Crippen molar-refractivity contribution in [2.75, 3.05) is 86.7 Å². The molecule has 15 nitrogen and oxygen atoms in total. The van der Waals surface area contributed by atoms with Gasteiger partial charge >= 0.3 is 0 Å². The van der Waals surface area contributed by atoms with Crippen LogP contribution in [0.1, 0.15) is 12.8 Å². The van der Waals surface area contributed by atoms with E-state index in [4.69, 9.17) is 19.2 Å². The Morgan fingerprint density at radius 1 is 0.920 bits per heavy atom. The molecule has 0 aliphatic carbocycles. The van der Waals surface area contributed by atoms with Crippen molar-refractivity contribution in [2.45, 2.75) is 18.9 Å². The van der Waals surface area contributed by atoms with Crippen molar-refractivity contribution in [1.82, 2.24) is 29.5 Å². The summed E-state index contributed by atoms with van der Waals surface area (Å²) in [6.07, 6.45) is 8.79. The van der Waals surface area contributed by atoms with Crippen molar-refractivity contribution in [3.63, 3.8) is 0 Å². The fraction of sp³-hybridized carbons (Fsp3) is 0.424. The molecule has 266 valence electrons. The number of piperidine rings is 1. The van der Waals surface area contributed by atoms with Gasteiger partial charge < -0.3 is 34.6 Å². The van der Waals surface area contributed by atoms with Crippen LogP contribution in [-0.4, -0.2) is 110 Å². The molecular weight excluding hydrogens is 728 g/mol. The number of fused-ring (bicyclic) bond motifs is 1. The summed E-state index contributed by atoms with van der Waals surface area (Å²) in [6.45, 7) is 6.43. The molecule has 0 unspecified atom stereocenters. The topological polar surface area (TPSA) is 151 Å². The highest BCUT2D eigenvalue weighted by atomic mass is 79.9. The fourth-order valence-electron chi connectivity index (χ4n) is 6.64. The van der Waals surface area contributed by atoms with Gasteiger partial charge in [0.15, 0.2) is 11.5 Å². The number of benzene rings is 2. The number of aryl methyl sites for hydroxylation is 1. The maximum absolute atomic E-state index is 12.2. The number of rotatable bonds is 10. The van der Waals surface area contributed by atoms with E-state index in [-0.39, 0.29) is 12.5 Å². The Bertz CT molecular complexity index is 1980. The predicted molar refractivity (Wildman–Crippen MR) is 197 cm³/mol. The standard InChI is InChI=1S/C33H41BrN10O5S/c1-41-9-11-43(12-10-41)22-5-7-44(8-6-22)28-16-29(47-3)27(13-23(28)21-17-36-42(2)19-21)38-33-35-18-24(34)32(39-33)37-25-14-30-31(49-20-48-30)15-26(25)40-50(4,45)46/h13-19,22,40H,5-12,20H2,1-4H3,(H2,35,37,38,39). The van der Waals surface area contributed by atoms with Gasteiger partial charge in [0.1, 0.15) is 11.6 Å². The molecule has 4 aromatic rings. The number of ether oxygens (including phenoxy) is 3. The number of hydrogen-bond acceptors (Lipinski definition) is 13. The Morgan fingerprint density at radius 2 is 1.64 bits per heavy atom. The summed E-state index contributed by atoms with van der Waals surface area (Å²) in [6, 6.07) is 7.96. The van der Waals surface area contributed by atoms with Gasteiger partial charge in [-0.25, -0.2) is 13.4 Å². The molecule has 17 heteroatoms. The molecule has 7 rings (SSSR count). The third-order valence-corrected chi connectivity index (χ3v) is 10.4. The lowest BCUT2D eigenvalue weighted by atomic mass is 9.98. The minimum absolute atomic E-state index is 0.0406. The van der Waals surface area contributed by atoms with Gasteiger partial charge in [-0.1, -0.05) is 0 Å². The van der Waals surface area contributed by atoms with Crippen LogP contribution in [0.25, 0.3) is 11.1 Å². The molecule has 3 N–H and O–H groups in total. The van der Waals surface area contributed by atoms with Gasteiger partial charge in [-0.3, -0.25) is 14.3 Å². The number of aromatic nitrogens is 4. The van der Waals surface area contributed by atoms with Crippen molar-refractivity contribution in [2.24, 2.45) is 7.05 Å². The van der Waals surface area contributed by atoms with Crippen LogP contribution in [0, 0.1) is 0 Å². The first kappa shape index (κ1) is 34.1. The first-order valence-corrected chi connectivity index (χ1v) is 19.1. The summed E-state index contributed by atoms with van der Waals surface area (Å²) < 4.78 is 46.1. The lowest BCUT2D eigenvalue weighted by Crippen LogP contribution is -2.52. The number of halogens is 1. The van der Waals surface area contributed by atoms with Gasteiger partial charge in [-0.05, 0) is 41.9 Å². The van der Waals surface area contributed by atoms with Gasteiger partial charge in [-0.2, -0.15) is 10.1 Å². The molecule has 50 heavy (non-hydrogen) atoms. The van der Waals surface area contributed by atoms with Gasteiger partial charge in [-0.15, -0.1) is 0 Å². The molecule has 0 atom stereocenters. The highest BCUT2D eigenvalue weighted by Crippen LogP contribution is 2.43. The fourth-order valence-corrected chi connectivity index (χ4v) is 7.50. The third kappa shape index (κ3) is 7.55. The van der Waals surface area contributed by atoms with Gasteiger partial charge in [0.05, 0.1) is 41.1 Å². The van der Waals surface area contributed by atoms with E-state index < -0.39 is 10.0 Å². The van der Waals surface area contributed by atoms with Crippen LogP contribution in [0.15, 0.2) is 47.3 Å². The zero-order chi connectivity index (χ0) is 35.0. The van der Waals surface area contributed by atoms with Crippen LogP contribution in [0.4, 0.5) is 34.5 Å². The summed E-state index contributed by atoms with van der Waals surface area (Å²) in [5.41, 5.74) is 4.47. The summed E-state index contributed by atoms with van der Waals surface area (Å²) in [7, 11) is 2.17. The van der Waals surface area contributed by atoms with E-state index in [1.165, 1.54) is 0 Å². The molecule has 2 aromatic heterocycles. The van der Waals surface area contributed by atoms with Crippen molar-refractivity contribution in [3.8, 4) is 28.4 Å². The summed E-state index contributed by atoms with van der Waals surface area (Å²) in [5, 5.41) is 11.0. The van der Waals surface area contributed by atoms with Crippen molar-refractivity contribution in [3.05, 3.63) is 47.3 Å². The lowest BCUT2D eigenvalue weighted by Gasteiger charge is -2.43. The highest BCUT2D eigenvalue weighted by molar-refractivity contribution is 9.10. The van der Waals surface area contributed by atoms with Crippen LogP contribution < -0.4 is 34.5 Å². The number of nitrogens with zero attached hydrogens (tertiary/aromatic N) is 7. The molecule has 5 heterocycles. The van der Waals surface area contributed by atoms with Crippen molar-refractivity contribution < 1.29 is 22.6 Å². The molecular formula is C33H41BrN10O5S. The highest BCUT2D eigenvalue weighted by Gasteiger charge is 2.29. The Morgan fingerprint density at radius 3 is 2.30 bits per heavy atom. The minimum Gasteiger partial charge on any atom is -0.494 e. The van der Waals surface area contributed by atoms with Crippen LogP contribution in [0.2, 0.25) is 0 Å². The van der Waals surface area contributed by atoms with E-state index in [0.717, 1.165) is 75.2 Å². The van der Waals surface area contributed by atoms with Gasteiger partial charge in [0, 0.05) is 99.8 Å². The maximum atomic E-state index is 12.2. The summed E-state index contributed by atoms with van der Waals surface area (Å²) >= 11 is 3.53. The average Bonchev–Trinajstić information content (AvgIpc) is 3.74. The number of sulfonamides is 1. The monoisotopic (exact) mass is 768 g/mol. The Balaban J connectivity index is 1.17. The second-order valence-electron chi connectivity index (χ2n) is 12.8. The molecule has 2 fully saturated rings. The molecule has 0 amide bonds. The van der Waals surface area contributed by atoms with Crippen LogP contribution in [0.5, 0.6) is 17.2 Å². The summed E-state index contributed by atoms with van der Waals surface area (Å²) in [5.74, 6) is 2.25. The van der Waals surface area contributed by atoms with E-state index in [0.29, 0.717) is 50.9 Å². The van der Waals surface area contributed by atoms with Crippen molar-refractivity contribution >= 4 is 60.5 Å². The molecule has 0 radical (unpaired) electrons. The summed E-state index contributed by atoms with van der Waals surface area (Å²) in [4.78, 5) is 16.7. The maximum Gasteiger partial charge on any atom is 0.231 e. The number of piperazine rings is 1. The molecule has 3 aliphatic heterocycles. The molecule has 3 aliphatic rings. The Hall–Kier alpha value is -4.32. The molecule has 0 bridgehead atoms. The van der Waals surface area contributed by atoms with Crippen molar-refractivity contribution in [1.29, 1.82) is 0 Å². The normalized spacial score (nSPS) is 17.2. The van der Waals surface area contributed by atoms with Crippen LogP contribution in [0.3, 0.4) is 0 Å². The zero-order valence-electron chi connectivity index (χ0n) is 28.4. The second-order valence-corrected chi connectivity index (χ2v) is 15.4. The van der Waals surface area contributed by atoms with E-state index in [1.807, 2.05) is 19.4 Å². The largest absolute Gasteiger partial charge is 0.494 e. The molecule has 2 saturated heterocycles. The zero-order valence-corrected chi connectivity index (χ0v) is 30.8. The average molecular weight is 770 g/mol. The Kier molecular flexibility index (Phi) is 9.65. The number of likely N-dealkylation sites (N-methyl/N-ethyl adjacent to an activating group) is 1. The van der Waals surface area contributed by atoms with E-state index in [9.17, 15) is 8.42 Å². The molecule has 2 aromatic carbocycles. The first-order chi connectivity index (χ1) is 24.0. The lowest BCUT2D eigenvalue weighted by molar-refractivity contribution is 0.0982. The SMILES string of the molecule is COc1cc(N2CCC(N3CCN(C)CC3)CC2)c(-c2cnn(C)c2)cc1Nc1ncc(Br)c(Nc2cc3c(cc2NS(C)(=O)=O)OCO3)n1.